The first-order chi connectivity index (χ1) is 7.85. The Morgan fingerprint density at radius 2 is 1.88 bits per heavy atom. The van der Waals surface area contributed by atoms with E-state index < -0.39 is 5.60 Å². The Bertz CT molecular complexity index is 384. The van der Waals surface area contributed by atoms with Gasteiger partial charge in [-0.25, -0.2) is 0 Å². The fourth-order valence-electron chi connectivity index (χ4n) is 1.38. The molecule has 0 saturated heterocycles. The molecule has 4 nitrogen and oxygen atoms in total. The molecule has 0 aromatic heterocycles. The van der Waals surface area contributed by atoms with E-state index in [1.54, 1.807) is 43.3 Å². The van der Waals surface area contributed by atoms with E-state index in [1.165, 1.54) is 0 Å². The summed E-state index contributed by atoms with van der Waals surface area (Å²) in [6.45, 7) is 3.74. The second-order valence-electron chi connectivity index (χ2n) is 4.61. The van der Waals surface area contributed by atoms with Gasteiger partial charge in [0, 0.05) is 19.8 Å². The van der Waals surface area contributed by atoms with Crippen LogP contribution in [0.3, 0.4) is 0 Å². The zero-order chi connectivity index (χ0) is 13.1. The van der Waals surface area contributed by atoms with Gasteiger partial charge in [0.15, 0.2) is 0 Å². The Morgan fingerprint density at radius 3 is 2.35 bits per heavy atom. The molecular formula is C13H19NO3. The summed E-state index contributed by atoms with van der Waals surface area (Å²) in [5, 5.41) is 9.18. The highest BCUT2D eigenvalue weighted by atomic mass is 16.5. The standard InChI is InChI=1S/C13H19NO3/c1-13(2,17-4)9-12(16)14(3)10-5-7-11(15)8-6-10/h5-8,15H,9H2,1-4H3. The molecule has 17 heavy (non-hydrogen) atoms. The lowest BCUT2D eigenvalue weighted by Crippen LogP contribution is -2.35. The van der Waals surface area contributed by atoms with Gasteiger partial charge >= 0.3 is 0 Å². The number of aromatic hydroxyl groups is 1. The topological polar surface area (TPSA) is 49.8 Å². The van der Waals surface area contributed by atoms with Crippen LogP contribution in [0.1, 0.15) is 20.3 Å². The number of carbonyl (C=O) groups is 1. The number of amides is 1. The van der Waals surface area contributed by atoms with Gasteiger partial charge in [-0.1, -0.05) is 0 Å². The van der Waals surface area contributed by atoms with E-state index >= 15 is 0 Å². The van der Waals surface area contributed by atoms with Crippen molar-refractivity contribution in [3.05, 3.63) is 24.3 Å². The van der Waals surface area contributed by atoms with E-state index in [0.717, 1.165) is 5.69 Å². The normalized spacial score (nSPS) is 11.3. The molecule has 0 fully saturated rings. The highest BCUT2D eigenvalue weighted by Crippen LogP contribution is 2.20. The summed E-state index contributed by atoms with van der Waals surface area (Å²) < 4.78 is 5.23. The Balaban J connectivity index is 2.73. The molecule has 0 radical (unpaired) electrons. The van der Waals surface area contributed by atoms with E-state index in [1.807, 2.05) is 13.8 Å². The first kappa shape index (κ1) is 13.5. The Labute approximate surface area is 102 Å². The van der Waals surface area contributed by atoms with Crippen molar-refractivity contribution in [2.45, 2.75) is 25.9 Å². The molecule has 94 valence electrons. The summed E-state index contributed by atoms with van der Waals surface area (Å²) in [5.74, 6) is 0.161. The predicted molar refractivity (Wildman–Crippen MR) is 67.2 cm³/mol. The molecule has 0 aliphatic rings. The number of phenolic OH excluding ortho intramolecular Hbond substituents is 1. The van der Waals surface area contributed by atoms with Crippen LogP contribution in [-0.4, -0.2) is 30.8 Å². The molecule has 1 amide bonds. The van der Waals surface area contributed by atoms with Crippen molar-refractivity contribution < 1.29 is 14.6 Å². The van der Waals surface area contributed by atoms with Crippen LogP contribution in [0.15, 0.2) is 24.3 Å². The van der Waals surface area contributed by atoms with Crippen molar-refractivity contribution in [3.8, 4) is 5.75 Å². The molecule has 0 aliphatic heterocycles. The lowest BCUT2D eigenvalue weighted by molar-refractivity contribution is -0.123. The van der Waals surface area contributed by atoms with Gasteiger partial charge in [0.1, 0.15) is 5.75 Å². The molecular weight excluding hydrogens is 218 g/mol. The van der Waals surface area contributed by atoms with Crippen molar-refractivity contribution in [3.63, 3.8) is 0 Å². The quantitative estimate of drug-likeness (QED) is 0.873. The van der Waals surface area contributed by atoms with Crippen molar-refractivity contribution in [2.24, 2.45) is 0 Å². The minimum Gasteiger partial charge on any atom is -0.508 e. The molecule has 0 spiro atoms. The van der Waals surface area contributed by atoms with Gasteiger partial charge in [-0.2, -0.15) is 0 Å². The molecule has 0 atom stereocenters. The fourth-order valence-corrected chi connectivity index (χ4v) is 1.38. The van der Waals surface area contributed by atoms with Crippen LogP contribution in [-0.2, 0) is 9.53 Å². The zero-order valence-corrected chi connectivity index (χ0v) is 10.7. The van der Waals surface area contributed by atoms with Crippen LogP contribution in [0.5, 0.6) is 5.75 Å². The van der Waals surface area contributed by atoms with E-state index in [4.69, 9.17) is 4.74 Å². The van der Waals surface area contributed by atoms with Crippen LogP contribution in [0, 0.1) is 0 Å². The summed E-state index contributed by atoms with van der Waals surface area (Å²) in [7, 11) is 3.30. The summed E-state index contributed by atoms with van der Waals surface area (Å²) in [6, 6.07) is 6.52. The number of carbonyl (C=O) groups excluding carboxylic acids is 1. The smallest absolute Gasteiger partial charge is 0.229 e. The van der Waals surface area contributed by atoms with Crippen LogP contribution in [0.25, 0.3) is 0 Å². The molecule has 4 heteroatoms. The largest absolute Gasteiger partial charge is 0.508 e. The van der Waals surface area contributed by atoms with Gasteiger partial charge in [0.25, 0.3) is 0 Å². The second kappa shape index (κ2) is 5.19. The molecule has 1 rings (SSSR count). The highest BCUT2D eigenvalue weighted by Gasteiger charge is 2.23. The summed E-state index contributed by atoms with van der Waals surface area (Å²) in [5.41, 5.74) is 0.280. The maximum absolute atomic E-state index is 12.0. The number of ether oxygens (including phenoxy) is 1. The van der Waals surface area contributed by atoms with E-state index in [0.29, 0.717) is 6.42 Å². The average molecular weight is 237 g/mol. The Kier molecular flexibility index (Phi) is 4.12. The van der Waals surface area contributed by atoms with Crippen LogP contribution in [0.4, 0.5) is 5.69 Å². The van der Waals surface area contributed by atoms with Gasteiger partial charge in [0.05, 0.1) is 12.0 Å². The lowest BCUT2D eigenvalue weighted by Gasteiger charge is -2.25. The van der Waals surface area contributed by atoms with E-state index in [2.05, 4.69) is 0 Å². The second-order valence-corrected chi connectivity index (χ2v) is 4.61. The minimum atomic E-state index is -0.470. The Hall–Kier alpha value is -1.55. The fraction of sp³-hybridized carbons (Fsp3) is 0.462. The molecule has 0 aliphatic carbocycles. The van der Waals surface area contributed by atoms with Gasteiger partial charge in [-0.15, -0.1) is 0 Å². The summed E-state index contributed by atoms with van der Waals surface area (Å²) in [4.78, 5) is 13.5. The number of hydrogen-bond acceptors (Lipinski definition) is 3. The highest BCUT2D eigenvalue weighted by molar-refractivity contribution is 5.93. The number of nitrogens with zero attached hydrogens (tertiary/aromatic N) is 1. The van der Waals surface area contributed by atoms with Crippen molar-refractivity contribution >= 4 is 11.6 Å². The molecule has 0 heterocycles. The molecule has 1 aromatic rings. The molecule has 0 unspecified atom stereocenters. The van der Waals surface area contributed by atoms with Gasteiger partial charge in [0.2, 0.25) is 5.91 Å². The third-order valence-electron chi connectivity index (χ3n) is 2.74. The molecule has 0 bridgehead atoms. The van der Waals surface area contributed by atoms with Crippen molar-refractivity contribution in [2.75, 3.05) is 19.1 Å². The number of anilines is 1. The number of hydrogen-bond donors (Lipinski definition) is 1. The van der Waals surface area contributed by atoms with Gasteiger partial charge < -0.3 is 14.7 Å². The van der Waals surface area contributed by atoms with E-state index in [9.17, 15) is 9.90 Å². The number of methoxy groups -OCH3 is 1. The SMILES string of the molecule is COC(C)(C)CC(=O)N(C)c1ccc(O)cc1. The van der Waals surface area contributed by atoms with Gasteiger partial charge in [-0.3, -0.25) is 4.79 Å². The van der Waals surface area contributed by atoms with Gasteiger partial charge in [-0.05, 0) is 38.1 Å². The van der Waals surface area contributed by atoms with Crippen LogP contribution >= 0.6 is 0 Å². The summed E-state index contributed by atoms with van der Waals surface area (Å²) >= 11 is 0. The lowest BCUT2D eigenvalue weighted by atomic mass is 10.0. The predicted octanol–water partition coefficient (Wildman–Crippen LogP) is 2.17. The first-order valence-electron chi connectivity index (χ1n) is 5.46. The van der Waals surface area contributed by atoms with E-state index in [-0.39, 0.29) is 11.7 Å². The Morgan fingerprint density at radius 1 is 1.35 bits per heavy atom. The monoisotopic (exact) mass is 237 g/mol. The molecule has 1 aromatic carbocycles. The molecule has 0 saturated carbocycles. The van der Waals surface area contributed by atoms with Crippen LogP contribution < -0.4 is 4.90 Å². The maximum Gasteiger partial charge on any atom is 0.229 e. The van der Waals surface area contributed by atoms with Crippen molar-refractivity contribution in [1.29, 1.82) is 0 Å². The first-order valence-corrected chi connectivity index (χ1v) is 5.46. The third-order valence-corrected chi connectivity index (χ3v) is 2.74. The number of phenols is 1. The minimum absolute atomic E-state index is 0.0254. The molecule has 1 N–H and O–H groups in total. The maximum atomic E-state index is 12.0. The zero-order valence-electron chi connectivity index (χ0n) is 10.7. The number of benzene rings is 1. The third kappa shape index (κ3) is 3.75. The average Bonchev–Trinajstić information content (AvgIpc) is 2.28. The summed E-state index contributed by atoms with van der Waals surface area (Å²) in [6.07, 6.45) is 0.306. The number of rotatable bonds is 4. The van der Waals surface area contributed by atoms with Crippen molar-refractivity contribution in [1.82, 2.24) is 0 Å². The van der Waals surface area contributed by atoms with Crippen LogP contribution in [0.2, 0.25) is 0 Å².